The van der Waals surface area contributed by atoms with E-state index in [1.807, 2.05) is 13.8 Å². The first-order valence-electron chi connectivity index (χ1n) is 6.17. The van der Waals surface area contributed by atoms with Crippen LogP contribution in [0.15, 0.2) is 33.6 Å². The lowest BCUT2D eigenvalue weighted by Crippen LogP contribution is -2.14. The maximum absolute atomic E-state index is 12.4. The molecule has 1 aromatic heterocycles. The molecule has 1 N–H and O–H groups in total. The molecule has 1 heterocycles. The molecule has 0 saturated heterocycles. The number of aromatic nitrogens is 2. The van der Waals surface area contributed by atoms with Gasteiger partial charge in [0.25, 0.3) is 10.0 Å². The number of aryl methyl sites for hydroxylation is 2. The van der Waals surface area contributed by atoms with E-state index < -0.39 is 10.0 Å². The van der Waals surface area contributed by atoms with Gasteiger partial charge in [-0.3, -0.25) is 9.40 Å². The van der Waals surface area contributed by atoms with Gasteiger partial charge in [-0.05, 0) is 45.0 Å². The maximum atomic E-state index is 12.4. The van der Waals surface area contributed by atoms with Crippen LogP contribution in [-0.4, -0.2) is 18.2 Å². The number of sulfonamides is 1. The number of hydrogen-bond donors (Lipinski definition) is 1. The quantitative estimate of drug-likeness (QED) is 0.914. The molecular weight excluding hydrogens is 342 g/mol. The number of nitrogens with zero attached hydrogens (tertiary/aromatic N) is 2. The van der Waals surface area contributed by atoms with Gasteiger partial charge < -0.3 is 0 Å². The van der Waals surface area contributed by atoms with E-state index in [9.17, 15) is 8.42 Å². The smallest absolute Gasteiger partial charge is 0.262 e. The minimum atomic E-state index is -3.59. The second kappa shape index (κ2) is 5.57. The topological polar surface area (TPSA) is 64.0 Å². The summed E-state index contributed by atoms with van der Waals surface area (Å²) >= 11 is 3.29. The zero-order valence-electron chi connectivity index (χ0n) is 11.5. The van der Waals surface area contributed by atoms with Crippen molar-refractivity contribution < 1.29 is 8.42 Å². The summed E-state index contributed by atoms with van der Waals surface area (Å²) in [4.78, 5) is 0.226. The molecule has 7 heteroatoms. The lowest BCUT2D eigenvalue weighted by Gasteiger charge is -2.08. The second-order valence-corrected chi connectivity index (χ2v) is 7.02. The maximum Gasteiger partial charge on any atom is 0.262 e. The SMILES string of the molecule is CCn1nc(C)c(NS(=O)(=O)c2ccc(Br)cc2)c1C. The molecule has 0 aliphatic rings. The largest absolute Gasteiger partial charge is 0.276 e. The van der Waals surface area contributed by atoms with Crippen molar-refractivity contribution in [3.8, 4) is 0 Å². The number of anilines is 1. The van der Waals surface area contributed by atoms with E-state index in [0.29, 0.717) is 17.9 Å². The van der Waals surface area contributed by atoms with Gasteiger partial charge in [0.05, 0.1) is 22.0 Å². The molecule has 108 valence electrons. The summed E-state index contributed by atoms with van der Waals surface area (Å²) in [5, 5.41) is 4.30. The van der Waals surface area contributed by atoms with E-state index in [-0.39, 0.29) is 4.90 Å². The van der Waals surface area contributed by atoms with Gasteiger partial charge in [0.1, 0.15) is 0 Å². The van der Waals surface area contributed by atoms with E-state index in [0.717, 1.165) is 10.2 Å². The average molecular weight is 358 g/mol. The first-order chi connectivity index (χ1) is 9.35. The van der Waals surface area contributed by atoms with Crippen LogP contribution < -0.4 is 4.72 Å². The molecule has 5 nitrogen and oxygen atoms in total. The Bertz CT molecular complexity index is 721. The summed E-state index contributed by atoms with van der Waals surface area (Å²) in [6.45, 7) is 6.31. The number of rotatable bonds is 4. The normalized spacial score (nSPS) is 11.6. The van der Waals surface area contributed by atoms with E-state index >= 15 is 0 Å². The molecule has 2 rings (SSSR count). The number of nitrogens with one attached hydrogen (secondary N) is 1. The van der Waals surface area contributed by atoms with Crippen molar-refractivity contribution in [3.05, 3.63) is 40.1 Å². The Morgan fingerprint density at radius 2 is 1.85 bits per heavy atom. The first kappa shape index (κ1) is 15.1. The van der Waals surface area contributed by atoms with Crippen molar-refractivity contribution in [1.82, 2.24) is 9.78 Å². The highest BCUT2D eigenvalue weighted by molar-refractivity contribution is 9.10. The Balaban J connectivity index is 2.38. The van der Waals surface area contributed by atoms with Gasteiger partial charge in [0.2, 0.25) is 0 Å². The van der Waals surface area contributed by atoms with Crippen LogP contribution >= 0.6 is 15.9 Å². The monoisotopic (exact) mass is 357 g/mol. The predicted octanol–water partition coefficient (Wildman–Crippen LogP) is 3.08. The van der Waals surface area contributed by atoms with Crippen molar-refractivity contribution in [3.63, 3.8) is 0 Å². The van der Waals surface area contributed by atoms with Crippen LogP contribution in [-0.2, 0) is 16.6 Å². The third kappa shape index (κ3) is 2.88. The first-order valence-corrected chi connectivity index (χ1v) is 8.45. The van der Waals surface area contributed by atoms with Crippen molar-refractivity contribution in [1.29, 1.82) is 0 Å². The fraction of sp³-hybridized carbons (Fsp3) is 0.308. The Kier molecular flexibility index (Phi) is 4.19. The molecule has 2 aromatic rings. The minimum Gasteiger partial charge on any atom is -0.276 e. The number of benzene rings is 1. The van der Waals surface area contributed by atoms with Gasteiger partial charge >= 0.3 is 0 Å². The van der Waals surface area contributed by atoms with Crippen molar-refractivity contribution in [2.24, 2.45) is 0 Å². The highest BCUT2D eigenvalue weighted by Crippen LogP contribution is 2.24. The molecule has 1 aromatic carbocycles. The summed E-state index contributed by atoms with van der Waals surface area (Å²) in [6, 6.07) is 6.51. The highest BCUT2D eigenvalue weighted by Gasteiger charge is 2.19. The zero-order valence-corrected chi connectivity index (χ0v) is 13.9. The Morgan fingerprint density at radius 1 is 1.25 bits per heavy atom. The van der Waals surface area contributed by atoms with Crippen molar-refractivity contribution in [2.45, 2.75) is 32.2 Å². The third-order valence-corrected chi connectivity index (χ3v) is 4.94. The molecule has 0 saturated carbocycles. The van der Waals surface area contributed by atoms with Crippen LogP contribution in [0.1, 0.15) is 18.3 Å². The van der Waals surface area contributed by atoms with E-state index in [1.54, 1.807) is 35.9 Å². The summed E-state index contributed by atoms with van der Waals surface area (Å²) in [5.41, 5.74) is 2.03. The Morgan fingerprint density at radius 3 is 2.35 bits per heavy atom. The molecule has 0 fully saturated rings. The van der Waals surface area contributed by atoms with Crippen LogP contribution in [0.2, 0.25) is 0 Å². The molecule has 0 amide bonds. The molecular formula is C13H16BrN3O2S. The average Bonchev–Trinajstić information content (AvgIpc) is 2.66. The standard InChI is InChI=1S/C13H16BrN3O2S/c1-4-17-10(3)13(9(2)15-17)16-20(18,19)12-7-5-11(14)6-8-12/h5-8,16H,4H2,1-3H3. The fourth-order valence-electron chi connectivity index (χ4n) is 1.96. The lowest BCUT2D eigenvalue weighted by atomic mass is 10.3. The van der Waals surface area contributed by atoms with Crippen LogP contribution in [0.3, 0.4) is 0 Å². The molecule has 0 bridgehead atoms. The molecule has 20 heavy (non-hydrogen) atoms. The summed E-state index contributed by atoms with van der Waals surface area (Å²) in [5.74, 6) is 0. The lowest BCUT2D eigenvalue weighted by molar-refractivity contribution is 0.601. The van der Waals surface area contributed by atoms with Crippen LogP contribution in [0.25, 0.3) is 0 Å². The summed E-state index contributed by atoms with van der Waals surface area (Å²) < 4.78 is 29.9. The van der Waals surface area contributed by atoms with E-state index in [2.05, 4.69) is 25.8 Å². The Hall–Kier alpha value is -1.34. The van der Waals surface area contributed by atoms with Crippen molar-refractivity contribution >= 4 is 31.6 Å². The van der Waals surface area contributed by atoms with Gasteiger partial charge in [0, 0.05) is 11.0 Å². The Labute approximate surface area is 127 Å². The fourth-order valence-corrected chi connectivity index (χ4v) is 3.40. The van der Waals surface area contributed by atoms with Gasteiger partial charge in [0.15, 0.2) is 0 Å². The zero-order chi connectivity index (χ0) is 14.9. The molecule has 0 aliphatic carbocycles. The molecule has 0 spiro atoms. The molecule has 0 atom stereocenters. The highest BCUT2D eigenvalue weighted by atomic mass is 79.9. The number of halogens is 1. The van der Waals surface area contributed by atoms with Gasteiger partial charge in [-0.25, -0.2) is 8.42 Å². The van der Waals surface area contributed by atoms with Gasteiger partial charge in [-0.1, -0.05) is 15.9 Å². The van der Waals surface area contributed by atoms with E-state index in [1.165, 1.54) is 0 Å². The molecule has 0 unspecified atom stereocenters. The molecule has 0 aliphatic heterocycles. The van der Waals surface area contributed by atoms with Gasteiger partial charge in [-0.2, -0.15) is 5.10 Å². The van der Waals surface area contributed by atoms with Crippen LogP contribution in [0.4, 0.5) is 5.69 Å². The van der Waals surface area contributed by atoms with Gasteiger partial charge in [-0.15, -0.1) is 0 Å². The predicted molar refractivity (Wildman–Crippen MR) is 82.3 cm³/mol. The molecule has 0 radical (unpaired) electrons. The number of hydrogen-bond acceptors (Lipinski definition) is 3. The van der Waals surface area contributed by atoms with Crippen molar-refractivity contribution in [2.75, 3.05) is 4.72 Å². The van der Waals surface area contributed by atoms with Crippen LogP contribution in [0, 0.1) is 13.8 Å². The summed E-state index contributed by atoms with van der Waals surface area (Å²) in [6.07, 6.45) is 0. The second-order valence-electron chi connectivity index (χ2n) is 4.42. The third-order valence-electron chi connectivity index (χ3n) is 3.04. The van der Waals surface area contributed by atoms with Crippen LogP contribution in [0.5, 0.6) is 0 Å². The minimum absolute atomic E-state index is 0.226. The van der Waals surface area contributed by atoms with E-state index in [4.69, 9.17) is 0 Å². The summed E-state index contributed by atoms with van der Waals surface area (Å²) in [7, 11) is -3.59.